The lowest BCUT2D eigenvalue weighted by Crippen LogP contribution is -1.82. The molecule has 0 radical (unpaired) electrons. The zero-order chi connectivity index (χ0) is 10.8. The van der Waals surface area contributed by atoms with E-state index in [4.69, 9.17) is 11.6 Å². The Labute approximate surface area is 97.3 Å². The zero-order valence-corrected chi connectivity index (χ0v) is 9.66. The molecule has 1 rings (SSSR count). The van der Waals surface area contributed by atoms with Gasteiger partial charge >= 0.3 is 0 Å². The van der Waals surface area contributed by atoms with Gasteiger partial charge in [0.2, 0.25) is 0 Å². The summed E-state index contributed by atoms with van der Waals surface area (Å²) in [6.45, 7) is 0. The van der Waals surface area contributed by atoms with Crippen molar-refractivity contribution >= 4 is 11.6 Å². The molecule has 0 nitrogen and oxygen atoms in total. The molecule has 80 valence electrons. The van der Waals surface area contributed by atoms with Crippen molar-refractivity contribution in [2.75, 3.05) is 5.88 Å². The van der Waals surface area contributed by atoms with E-state index in [0.29, 0.717) is 5.88 Å². The first-order valence-electron chi connectivity index (χ1n) is 5.35. The van der Waals surface area contributed by atoms with Crippen LogP contribution in [0, 0.1) is 0 Å². The highest BCUT2D eigenvalue weighted by Gasteiger charge is 1.88. The number of hydrogen-bond donors (Lipinski definition) is 0. The van der Waals surface area contributed by atoms with Gasteiger partial charge in [-0.15, -0.1) is 11.6 Å². The number of rotatable bonds is 6. The van der Waals surface area contributed by atoms with Crippen LogP contribution in [0.25, 0.3) is 0 Å². The summed E-state index contributed by atoms with van der Waals surface area (Å²) >= 11 is 5.50. The van der Waals surface area contributed by atoms with Crippen molar-refractivity contribution in [3.8, 4) is 0 Å². The number of aryl methyl sites for hydroxylation is 1. The van der Waals surface area contributed by atoms with E-state index in [1.807, 2.05) is 12.2 Å². The quantitative estimate of drug-likeness (QED) is 0.380. The van der Waals surface area contributed by atoms with E-state index in [0.717, 1.165) is 12.8 Å². The molecule has 0 atom stereocenters. The average molecular weight is 221 g/mol. The minimum atomic E-state index is 0.592. The standard InChI is InChI=1S/C14H17Cl/c15-13-9-4-2-1-3-6-10-14-11-7-5-8-12-14/h1-2,4-5,7-9,11-12H,3,6,10,13H2/b2-1+,9-4+. The van der Waals surface area contributed by atoms with Crippen molar-refractivity contribution < 1.29 is 0 Å². The summed E-state index contributed by atoms with van der Waals surface area (Å²) in [5.74, 6) is 0.592. The SMILES string of the molecule is ClC/C=C/C=C/CCCc1ccccc1. The smallest absolute Gasteiger partial charge is 0.0407 e. The lowest BCUT2D eigenvalue weighted by atomic mass is 10.1. The van der Waals surface area contributed by atoms with Crippen LogP contribution in [-0.4, -0.2) is 5.88 Å². The molecule has 0 N–H and O–H groups in total. The van der Waals surface area contributed by atoms with E-state index in [2.05, 4.69) is 42.5 Å². The van der Waals surface area contributed by atoms with Crippen LogP contribution in [0.4, 0.5) is 0 Å². The molecule has 0 amide bonds. The van der Waals surface area contributed by atoms with Crippen LogP contribution in [0.5, 0.6) is 0 Å². The Balaban J connectivity index is 2.12. The molecule has 0 aliphatic heterocycles. The molecule has 0 spiro atoms. The summed E-state index contributed by atoms with van der Waals surface area (Å²) in [4.78, 5) is 0. The van der Waals surface area contributed by atoms with Crippen molar-refractivity contribution in [2.24, 2.45) is 0 Å². The average Bonchev–Trinajstić information content (AvgIpc) is 2.29. The number of unbranched alkanes of at least 4 members (excludes halogenated alkanes) is 1. The Morgan fingerprint density at radius 2 is 1.73 bits per heavy atom. The Hall–Kier alpha value is -1.01. The van der Waals surface area contributed by atoms with Crippen molar-refractivity contribution in [3.63, 3.8) is 0 Å². The van der Waals surface area contributed by atoms with Gasteiger partial charge in [0.15, 0.2) is 0 Å². The Morgan fingerprint density at radius 1 is 1.00 bits per heavy atom. The number of hydrogen-bond acceptors (Lipinski definition) is 0. The topological polar surface area (TPSA) is 0 Å². The van der Waals surface area contributed by atoms with Gasteiger partial charge in [0.1, 0.15) is 0 Å². The minimum Gasteiger partial charge on any atom is -0.122 e. The van der Waals surface area contributed by atoms with Gasteiger partial charge in [-0.1, -0.05) is 54.6 Å². The number of benzene rings is 1. The Bertz CT molecular complexity index is 298. The van der Waals surface area contributed by atoms with Crippen molar-refractivity contribution in [1.29, 1.82) is 0 Å². The zero-order valence-electron chi connectivity index (χ0n) is 8.90. The molecular formula is C14H17Cl. The fraction of sp³-hybridized carbons (Fsp3) is 0.286. The van der Waals surface area contributed by atoms with Gasteiger partial charge in [-0.3, -0.25) is 0 Å². The predicted octanol–water partition coefficient (Wildman–Crippen LogP) is 4.36. The maximum absolute atomic E-state index is 5.50. The maximum atomic E-state index is 5.50. The highest BCUT2D eigenvalue weighted by Crippen LogP contribution is 2.04. The second-order valence-electron chi connectivity index (χ2n) is 3.39. The number of halogens is 1. The van der Waals surface area contributed by atoms with Crippen LogP contribution < -0.4 is 0 Å². The third-order valence-electron chi connectivity index (χ3n) is 2.15. The minimum absolute atomic E-state index is 0.592. The highest BCUT2D eigenvalue weighted by atomic mass is 35.5. The monoisotopic (exact) mass is 220 g/mol. The van der Waals surface area contributed by atoms with Gasteiger partial charge in [-0.2, -0.15) is 0 Å². The first kappa shape index (κ1) is 12.1. The Kier molecular flexibility index (Phi) is 6.68. The van der Waals surface area contributed by atoms with Crippen LogP contribution >= 0.6 is 11.6 Å². The third-order valence-corrected chi connectivity index (χ3v) is 2.33. The summed E-state index contributed by atoms with van der Waals surface area (Å²) in [6.07, 6.45) is 11.7. The van der Waals surface area contributed by atoms with Gasteiger partial charge in [0, 0.05) is 5.88 Å². The lowest BCUT2D eigenvalue weighted by molar-refractivity contribution is 0.843. The van der Waals surface area contributed by atoms with E-state index in [-0.39, 0.29) is 0 Å². The molecule has 0 fully saturated rings. The maximum Gasteiger partial charge on any atom is 0.0407 e. The third kappa shape index (κ3) is 6.14. The lowest BCUT2D eigenvalue weighted by Gasteiger charge is -1.97. The van der Waals surface area contributed by atoms with E-state index >= 15 is 0 Å². The molecule has 0 aliphatic rings. The van der Waals surface area contributed by atoms with E-state index < -0.39 is 0 Å². The van der Waals surface area contributed by atoms with Crippen molar-refractivity contribution in [1.82, 2.24) is 0 Å². The van der Waals surface area contributed by atoms with Crippen LogP contribution in [0.15, 0.2) is 54.6 Å². The van der Waals surface area contributed by atoms with Crippen molar-refractivity contribution in [3.05, 3.63) is 60.2 Å². The van der Waals surface area contributed by atoms with E-state index in [1.165, 1.54) is 12.0 Å². The second-order valence-corrected chi connectivity index (χ2v) is 3.70. The molecule has 0 saturated carbocycles. The van der Waals surface area contributed by atoms with E-state index in [1.54, 1.807) is 0 Å². The normalized spacial score (nSPS) is 11.5. The molecule has 1 aromatic carbocycles. The number of alkyl halides is 1. The molecule has 1 heteroatoms. The first-order valence-corrected chi connectivity index (χ1v) is 5.88. The van der Waals surface area contributed by atoms with Crippen LogP contribution in [0.1, 0.15) is 18.4 Å². The largest absolute Gasteiger partial charge is 0.122 e. The highest BCUT2D eigenvalue weighted by molar-refractivity contribution is 6.18. The van der Waals surface area contributed by atoms with Crippen LogP contribution in [0.3, 0.4) is 0 Å². The molecule has 1 aromatic rings. The molecule has 0 heterocycles. The summed E-state index contributed by atoms with van der Waals surface area (Å²) in [5, 5.41) is 0. The van der Waals surface area contributed by atoms with Gasteiger partial charge in [0.05, 0.1) is 0 Å². The summed E-state index contributed by atoms with van der Waals surface area (Å²) in [7, 11) is 0. The molecule has 0 bridgehead atoms. The second kappa shape index (κ2) is 8.31. The fourth-order valence-corrected chi connectivity index (χ4v) is 1.48. The molecule has 0 saturated heterocycles. The molecule has 0 aliphatic carbocycles. The molecule has 0 unspecified atom stereocenters. The molecular weight excluding hydrogens is 204 g/mol. The molecule has 0 aromatic heterocycles. The van der Waals surface area contributed by atoms with Crippen LogP contribution in [0.2, 0.25) is 0 Å². The van der Waals surface area contributed by atoms with Gasteiger partial charge < -0.3 is 0 Å². The summed E-state index contributed by atoms with van der Waals surface area (Å²) < 4.78 is 0. The fourth-order valence-electron chi connectivity index (χ4n) is 1.37. The van der Waals surface area contributed by atoms with Gasteiger partial charge in [-0.25, -0.2) is 0 Å². The van der Waals surface area contributed by atoms with E-state index in [9.17, 15) is 0 Å². The predicted molar refractivity (Wildman–Crippen MR) is 68.4 cm³/mol. The van der Waals surface area contributed by atoms with Gasteiger partial charge in [0.25, 0.3) is 0 Å². The first-order chi connectivity index (χ1) is 7.43. The van der Waals surface area contributed by atoms with Crippen molar-refractivity contribution in [2.45, 2.75) is 19.3 Å². The molecule has 15 heavy (non-hydrogen) atoms. The Morgan fingerprint density at radius 3 is 2.47 bits per heavy atom. The number of allylic oxidation sites excluding steroid dienone is 4. The summed E-state index contributed by atoms with van der Waals surface area (Å²) in [5.41, 5.74) is 1.42. The summed E-state index contributed by atoms with van der Waals surface area (Å²) in [6, 6.07) is 10.6. The van der Waals surface area contributed by atoms with Gasteiger partial charge in [-0.05, 0) is 24.8 Å². The van der Waals surface area contributed by atoms with Crippen LogP contribution in [-0.2, 0) is 6.42 Å².